The molecule has 0 aliphatic carbocycles. The van der Waals surface area contributed by atoms with Crippen molar-refractivity contribution in [3.63, 3.8) is 0 Å². The number of carbonyl (C=O) groups is 2. The van der Waals surface area contributed by atoms with E-state index in [2.05, 4.69) is 0 Å². The lowest BCUT2D eigenvalue weighted by Crippen LogP contribution is -2.32. The van der Waals surface area contributed by atoms with Crippen LogP contribution in [-0.2, 0) is 14.3 Å². The van der Waals surface area contributed by atoms with Crippen molar-refractivity contribution in [3.05, 3.63) is 59.2 Å². The van der Waals surface area contributed by atoms with E-state index in [1.54, 1.807) is 42.5 Å². The highest BCUT2D eigenvalue weighted by molar-refractivity contribution is 6.46. The molecule has 1 fully saturated rings. The van der Waals surface area contributed by atoms with Crippen LogP contribution in [0.5, 0.6) is 17.2 Å². The molecule has 1 aliphatic heterocycles. The number of rotatable bonds is 9. The maximum atomic E-state index is 13.1. The van der Waals surface area contributed by atoms with E-state index in [1.807, 2.05) is 13.8 Å². The van der Waals surface area contributed by atoms with Crippen molar-refractivity contribution >= 4 is 17.4 Å². The lowest BCUT2D eigenvalue weighted by molar-refractivity contribution is -0.140. The normalized spacial score (nSPS) is 17.5. The molecule has 0 unspecified atom stereocenters. The van der Waals surface area contributed by atoms with Crippen LogP contribution in [0, 0.1) is 0 Å². The molecule has 33 heavy (non-hydrogen) atoms. The van der Waals surface area contributed by atoms with Crippen LogP contribution in [0.15, 0.2) is 48.0 Å². The highest BCUT2D eigenvalue weighted by Crippen LogP contribution is 2.43. The fourth-order valence-corrected chi connectivity index (χ4v) is 3.80. The lowest BCUT2D eigenvalue weighted by atomic mass is 9.94. The molecule has 0 radical (unpaired) electrons. The van der Waals surface area contributed by atoms with E-state index in [0.717, 1.165) is 0 Å². The number of hydrogen-bond donors (Lipinski definition) is 1. The molecule has 1 amide bonds. The predicted molar refractivity (Wildman–Crippen MR) is 123 cm³/mol. The van der Waals surface area contributed by atoms with Crippen LogP contribution in [-0.4, -0.2) is 62.3 Å². The summed E-state index contributed by atoms with van der Waals surface area (Å²) in [6, 6.07) is 10.9. The number of Topliss-reactive ketones (excluding diaryl/α,β-unsaturated/α-hetero) is 1. The van der Waals surface area contributed by atoms with Gasteiger partial charge in [-0.15, -0.1) is 0 Å². The molecular weight excluding hydrogens is 426 g/mol. The van der Waals surface area contributed by atoms with E-state index in [0.29, 0.717) is 28.4 Å². The number of aliphatic hydroxyl groups is 1. The van der Waals surface area contributed by atoms with Gasteiger partial charge in [0.2, 0.25) is 0 Å². The van der Waals surface area contributed by atoms with Gasteiger partial charge in [-0.25, -0.2) is 0 Å². The summed E-state index contributed by atoms with van der Waals surface area (Å²) in [5, 5.41) is 11.2. The molecule has 0 spiro atoms. The molecule has 176 valence electrons. The van der Waals surface area contributed by atoms with Crippen molar-refractivity contribution in [2.75, 3.05) is 34.5 Å². The molecular formula is C25H29NO7. The summed E-state index contributed by atoms with van der Waals surface area (Å²) in [5.74, 6) is -0.161. The number of ether oxygens (including phenoxy) is 4. The standard InChI is InChI=1S/C25H29NO7/c1-15(2)33-17-8-6-16(7-9-17)23(27)21-22(26(12-13-30-3)25(29)24(21)28)19-14-18(31-4)10-11-20(19)32-5/h6-11,14-15,22,27H,12-13H2,1-5H3/t22-/m1/s1. The van der Waals surface area contributed by atoms with Gasteiger partial charge in [-0.3, -0.25) is 9.59 Å². The van der Waals surface area contributed by atoms with Crippen molar-refractivity contribution in [1.29, 1.82) is 0 Å². The Bertz CT molecular complexity index is 1040. The Balaban J connectivity index is 2.17. The van der Waals surface area contributed by atoms with Crippen molar-refractivity contribution in [2.45, 2.75) is 26.0 Å². The maximum Gasteiger partial charge on any atom is 0.295 e. The smallest absolute Gasteiger partial charge is 0.295 e. The van der Waals surface area contributed by atoms with E-state index in [1.165, 1.54) is 26.2 Å². The van der Waals surface area contributed by atoms with Crippen LogP contribution >= 0.6 is 0 Å². The van der Waals surface area contributed by atoms with Gasteiger partial charge < -0.3 is 29.0 Å². The Kier molecular flexibility index (Phi) is 7.60. The zero-order valence-corrected chi connectivity index (χ0v) is 19.5. The number of hydrogen-bond acceptors (Lipinski definition) is 7. The first-order valence-corrected chi connectivity index (χ1v) is 10.6. The van der Waals surface area contributed by atoms with Gasteiger partial charge in [0, 0.05) is 24.8 Å². The summed E-state index contributed by atoms with van der Waals surface area (Å²) in [5.41, 5.74) is 0.886. The Labute approximate surface area is 193 Å². The Morgan fingerprint density at radius 2 is 1.67 bits per heavy atom. The lowest BCUT2D eigenvalue weighted by Gasteiger charge is -2.26. The van der Waals surface area contributed by atoms with Crippen LogP contribution in [0.3, 0.4) is 0 Å². The molecule has 0 bridgehead atoms. The second-order valence-corrected chi connectivity index (χ2v) is 7.78. The average molecular weight is 456 g/mol. The van der Waals surface area contributed by atoms with Gasteiger partial charge in [0.15, 0.2) is 0 Å². The molecule has 8 heteroatoms. The fraction of sp³-hybridized carbons (Fsp3) is 0.360. The highest BCUT2D eigenvalue weighted by atomic mass is 16.5. The van der Waals surface area contributed by atoms with Crippen molar-refractivity contribution in [1.82, 2.24) is 4.90 Å². The average Bonchev–Trinajstić information content (AvgIpc) is 3.06. The van der Waals surface area contributed by atoms with Crippen molar-refractivity contribution in [2.24, 2.45) is 0 Å². The maximum absolute atomic E-state index is 13.1. The molecule has 0 saturated carbocycles. The number of methoxy groups -OCH3 is 3. The summed E-state index contributed by atoms with van der Waals surface area (Å²) < 4.78 is 21.7. The minimum atomic E-state index is -0.878. The molecule has 1 aliphatic rings. The Hall–Kier alpha value is -3.52. The number of amides is 1. The molecule has 3 rings (SSSR count). The Morgan fingerprint density at radius 3 is 2.24 bits per heavy atom. The van der Waals surface area contributed by atoms with E-state index in [4.69, 9.17) is 18.9 Å². The van der Waals surface area contributed by atoms with Gasteiger partial charge >= 0.3 is 0 Å². The first-order valence-electron chi connectivity index (χ1n) is 10.6. The highest BCUT2D eigenvalue weighted by Gasteiger charge is 2.47. The number of ketones is 1. The second-order valence-electron chi connectivity index (χ2n) is 7.78. The van der Waals surface area contributed by atoms with Crippen LogP contribution < -0.4 is 14.2 Å². The van der Waals surface area contributed by atoms with Crippen molar-refractivity contribution < 1.29 is 33.6 Å². The molecule has 1 atom stereocenters. The predicted octanol–water partition coefficient (Wildman–Crippen LogP) is 3.56. The summed E-state index contributed by atoms with van der Waals surface area (Å²) >= 11 is 0. The van der Waals surface area contributed by atoms with Crippen LogP contribution in [0.2, 0.25) is 0 Å². The topological polar surface area (TPSA) is 94.5 Å². The van der Waals surface area contributed by atoms with Gasteiger partial charge in [0.1, 0.15) is 23.0 Å². The van der Waals surface area contributed by atoms with Gasteiger partial charge in [0.05, 0.1) is 38.5 Å². The molecule has 2 aromatic rings. The first kappa shape index (κ1) is 24.1. The zero-order chi connectivity index (χ0) is 24.1. The quantitative estimate of drug-likeness (QED) is 0.351. The third-order valence-electron chi connectivity index (χ3n) is 5.31. The minimum Gasteiger partial charge on any atom is -0.507 e. The van der Waals surface area contributed by atoms with Crippen LogP contribution in [0.25, 0.3) is 5.76 Å². The molecule has 2 aromatic carbocycles. The van der Waals surface area contributed by atoms with Crippen LogP contribution in [0.4, 0.5) is 0 Å². The van der Waals surface area contributed by atoms with Gasteiger partial charge in [-0.1, -0.05) is 0 Å². The third kappa shape index (κ3) is 4.96. The van der Waals surface area contributed by atoms with E-state index < -0.39 is 17.7 Å². The number of likely N-dealkylation sites (tertiary alicyclic amines) is 1. The second kappa shape index (κ2) is 10.4. The van der Waals surface area contributed by atoms with Crippen molar-refractivity contribution in [3.8, 4) is 17.2 Å². The first-order chi connectivity index (χ1) is 15.8. The van der Waals surface area contributed by atoms with Gasteiger partial charge in [-0.05, 0) is 56.3 Å². The SMILES string of the molecule is COCCN1C(=O)C(=O)C(=C(O)c2ccc(OC(C)C)cc2)[C@H]1c1cc(OC)ccc1OC. The van der Waals surface area contributed by atoms with Gasteiger partial charge in [0.25, 0.3) is 11.7 Å². The fourth-order valence-electron chi connectivity index (χ4n) is 3.80. The molecule has 0 aromatic heterocycles. The number of nitrogens with zero attached hydrogens (tertiary/aromatic N) is 1. The number of benzene rings is 2. The zero-order valence-electron chi connectivity index (χ0n) is 19.5. The summed E-state index contributed by atoms with van der Waals surface area (Å²) in [6.45, 7) is 4.20. The van der Waals surface area contributed by atoms with E-state index >= 15 is 0 Å². The molecule has 1 saturated heterocycles. The monoisotopic (exact) mass is 455 g/mol. The Morgan fingerprint density at radius 1 is 1.00 bits per heavy atom. The molecule has 1 N–H and O–H groups in total. The number of carbonyl (C=O) groups excluding carboxylic acids is 2. The van der Waals surface area contributed by atoms with Gasteiger partial charge in [-0.2, -0.15) is 0 Å². The summed E-state index contributed by atoms with van der Waals surface area (Å²) in [4.78, 5) is 27.4. The molecule has 1 heterocycles. The summed E-state index contributed by atoms with van der Waals surface area (Å²) in [6.07, 6.45) is -0.00363. The summed E-state index contributed by atoms with van der Waals surface area (Å²) in [7, 11) is 4.53. The van der Waals surface area contributed by atoms with E-state index in [9.17, 15) is 14.7 Å². The minimum absolute atomic E-state index is 0.00363. The largest absolute Gasteiger partial charge is 0.507 e. The van der Waals surface area contributed by atoms with Crippen LogP contribution in [0.1, 0.15) is 31.0 Å². The molecule has 8 nitrogen and oxygen atoms in total. The third-order valence-corrected chi connectivity index (χ3v) is 5.31. The van der Waals surface area contributed by atoms with E-state index in [-0.39, 0.29) is 30.6 Å². The number of aliphatic hydroxyl groups excluding tert-OH is 1.